The number of carbonyl (C=O) groups is 1. The fraction of sp³-hybridized carbons (Fsp3) is 0.0476. The molecule has 0 saturated carbocycles. The molecule has 0 atom stereocenters. The molecule has 0 unspecified atom stereocenters. The van der Waals surface area contributed by atoms with Gasteiger partial charge >= 0.3 is 0 Å². The van der Waals surface area contributed by atoms with Crippen LogP contribution in [0.5, 0.6) is 11.5 Å². The predicted molar refractivity (Wildman–Crippen MR) is 115 cm³/mol. The van der Waals surface area contributed by atoms with E-state index in [9.17, 15) is 4.79 Å². The molecule has 4 aromatic rings. The number of hydrogen-bond acceptors (Lipinski definition) is 7. The van der Waals surface area contributed by atoms with Crippen LogP contribution in [0, 0.1) is 0 Å². The largest absolute Gasteiger partial charge is 0.457 e. The van der Waals surface area contributed by atoms with Crippen LogP contribution in [0.2, 0.25) is 5.02 Å². The lowest BCUT2D eigenvalue weighted by molar-refractivity contribution is -0.113. The normalized spacial score (nSPS) is 10.6. The third-order valence-electron chi connectivity index (χ3n) is 3.80. The van der Waals surface area contributed by atoms with E-state index in [0.29, 0.717) is 39.0 Å². The zero-order chi connectivity index (χ0) is 20.8. The third-order valence-corrected chi connectivity index (χ3v) is 4.88. The standard InChI is InChI=1S/C21H15ClN4O3S/c22-14-4-8-16(9-5-14)28-17-10-6-15(7-11-17)24-19(27)13-30-21-26-25-20(29-21)18-3-1-2-12-23-18/h1-12H,13H2,(H,24,27). The van der Waals surface area contributed by atoms with Crippen molar-refractivity contribution < 1.29 is 13.9 Å². The minimum atomic E-state index is -0.191. The maximum Gasteiger partial charge on any atom is 0.277 e. The van der Waals surface area contributed by atoms with E-state index in [-0.39, 0.29) is 11.7 Å². The fourth-order valence-electron chi connectivity index (χ4n) is 2.43. The zero-order valence-corrected chi connectivity index (χ0v) is 17.1. The summed E-state index contributed by atoms with van der Waals surface area (Å²) in [6.45, 7) is 0. The van der Waals surface area contributed by atoms with Crippen molar-refractivity contribution in [2.24, 2.45) is 0 Å². The maximum absolute atomic E-state index is 12.2. The van der Waals surface area contributed by atoms with E-state index < -0.39 is 0 Å². The number of halogens is 1. The van der Waals surface area contributed by atoms with Crippen LogP contribution in [-0.2, 0) is 4.79 Å². The second kappa shape index (κ2) is 9.43. The fourth-order valence-corrected chi connectivity index (χ4v) is 3.12. The van der Waals surface area contributed by atoms with Crippen LogP contribution in [0.25, 0.3) is 11.6 Å². The van der Waals surface area contributed by atoms with E-state index in [1.165, 1.54) is 0 Å². The highest BCUT2D eigenvalue weighted by Gasteiger charge is 2.12. The van der Waals surface area contributed by atoms with E-state index >= 15 is 0 Å². The summed E-state index contributed by atoms with van der Waals surface area (Å²) in [6, 6.07) is 19.6. The molecule has 0 saturated heterocycles. The minimum Gasteiger partial charge on any atom is -0.457 e. The number of rotatable bonds is 7. The summed E-state index contributed by atoms with van der Waals surface area (Å²) in [4.78, 5) is 16.3. The monoisotopic (exact) mass is 438 g/mol. The van der Waals surface area contributed by atoms with Gasteiger partial charge in [0, 0.05) is 16.9 Å². The summed E-state index contributed by atoms with van der Waals surface area (Å²) in [5, 5.41) is 11.6. The molecule has 9 heteroatoms. The van der Waals surface area contributed by atoms with Crippen LogP contribution in [0.1, 0.15) is 0 Å². The lowest BCUT2D eigenvalue weighted by Gasteiger charge is -2.08. The molecule has 4 rings (SSSR count). The first-order chi connectivity index (χ1) is 14.7. The molecule has 1 N–H and O–H groups in total. The highest BCUT2D eigenvalue weighted by Crippen LogP contribution is 2.25. The molecule has 1 amide bonds. The summed E-state index contributed by atoms with van der Waals surface area (Å²) in [6.07, 6.45) is 1.64. The van der Waals surface area contributed by atoms with Crippen molar-refractivity contribution in [1.29, 1.82) is 0 Å². The Hall–Kier alpha value is -3.36. The quantitative estimate of drug-likeness (QED) is 0.391. The van der Waals surface area contributed by atoms with Crippen molar-refractivity contribution in [3.8, 4) is 23.1 Å². The molecule has 2 heterocycles. The molecule has 0 spiro atoms. The first-order valence-electron chi connectivity index (χ1n) is 8.87. The number of aromatic nitrogens is 3. The van der Waals surface area contributed by atoms with Gasteiger partial charge in [-0.3, -0.25) is 9.78 Å². The molecule has 0 radical (unpaired) electrons. The Morgan fingerprint density at radius 3 is 2.43 bits per heavy atom. The number of anilines is 1. The number of thioether (sulfide) groups is 1. The first-order valence-corrected chi connectivity index (χ1v) is 10.2. The maximum atomic E-state index is 12.2. The van der Waals surface area contributed by atoms with E-state index in [2.05, 4.69) is 20.5 Å². The molecule has 0 aliphatic carbocycles. The van der Waals surface area contributed by atoms with Crippen molar-refractivity contribution >= 4 is 35.0 Å². The van der Waals surface area contributed by atoms with Crippen LogP contribution in [0.3, 0.4) is 0 Å². The molecule has 0 bridgehead atoms. The topological polar surface area (TPSA) is 90.1 Å². The van der Waals surface area contributed by atoms with Crippen LogP contribution in [-0.4, -0.2) is 26.8 Å². The van der Waals surface area contributed by atoms with Gasteiger partial charge in [0.2, 0.25) is 5.91 Å². The molecule has 0 aliphatic heterocycles. The van der Waals surface area contributed by atoms with Gasteiger partial charge in [-0.2, -0.15) is 0 Å². The zero-order valence-electron chi connectivity index (χ0n) is 15.5. The number of carbonyl (C=O) groups excluding carboxylic acids is 1. The van der Waals surface area contributed by atoms with Gasteiger partial charge in [-0.05, 0) is 60.7 Å². The second-order valence-electron chi connectivity index (χ2n) is 6.01. The summed E-state index contributed by atoms with van der Waals surface area (Å²) in [5.41, 5.74) is 1.24. The number of hydrogen-bond donors (Lipinski definition) is 1. The average molecular weight is 439 g/mol. The Kier molecular flexibility index (Phi) is 6.26. The average Bonchev–Trinajstić information content (AvgIpc) is 3.25. The molecule has 0 aliphatic rings. The van der Waals surface area contributed by atoms with E-state index in [4.69, 9.17) is 20.8 Å². The molecule has 0 fully saturated rings. The lowest BCUT2D eigenvalue weighted by atomic mass is 10.3. The molecule has 7 nitrogen and oxygen atoms in total. The highest BCUT2D eigenvalue weighted by atomic mass is 35.5. The van der Waals surface area contributed by atoms with Crippen molar-refractivity contribution in [1.82, 2.24) is 15.2 Å². The van der Waals surface area contributed by atoms with Gasteiger partial charge in [-0.15, -0.1) is 10.2 Å². The summed E-state index contributed by atoms with van der Waals surface area (Å²) in [5.74, 6) is 1.58. The smallest absolute Gasteiger partial charge is 0.277 e. The third kappa shape index (κ3) is 5.37. The van der Waals surface area contributed by atoms with Crippen LogP contribution in [0.4, 0.5) is 5.69 Å². The van der Waals surface area contributed by atoms with Gasteiger partial charge in [0.15, 0.2) is 0 Å². The Labute approximate surface area is 181 Å². The van der Waals surface area contributed by atoms with Crippen LogP contribution < -0.4 is 10.1 Å². The van der Waals surface area contributed by atoms with Crippen LogP contribution >= 0.6 is 23.4 Å². The highest BCUT2D eigenvalue weighted by molar-refractivity contribution is 7.99. The Morgan fingerprint density at radius 1 is 1.00 bits per heavy atom. The van der Waals surface area contributed by atoms with Crippen molar-refractivity contribution in [2.45, 2.75) is 5.22 Å². The molecule has 2 aromatic carbocycles. The van der Waals surface area contributed by atoms with E-state index in [0.717, 1.165) is 11.8 Å². The minimum absolute atomic E-state index is 0.132. The van der Waals surface area contributed by atoms with Crippen LogP contribution in [0.15, 0.2) is 82.6 Å². The van der Waals surface area contributed by atoms with Gasteiger partial charge in [0.1, 0.15) is 17.2 Å². The number of nitrogens with zero attached hydrogens (tertiary/aromatic N) is 3. The Bertz CT molecular complexity index is 1120. The Balaban J connectivity index is 1.28. The molecular formula is C21H15ClN4O3S. The summed E-state index contributed by atoms with van der Waals surface area (Å²) >= 11 is 7.02. The lowest BCUT2D eigenvalue weighted by Crippen LogP contribution is -2.13. The van der Waals surface area contributed by atoms with Gasteiger partial charge < -0.3 is 14.5 Å². The first kappa shape index (κ1) is 19.9. The van der Waals surface area contributed by atoms with E-state index in [1.807, 2.05) is 6.07 Å². The summed E-state index contributed by atoms with van der Waals surface area (Å²) in [7, 11) is 0. The van der Waals surface area contributed by atoms with Crippen molar-refractivity contribution in [2.75, 3.05) is 11.1 Å². The SMILES string of the molecule is O=C(CSc1nnc(-c2ccccn2)o1)Nc1ccc(Oc2ccc(Cl)cc2)cc1. The Morgan fingerprint density at radius 2 is 1.73 bits per heavy atom. The van der Waals surface area contributed by atoms with Gasteiger partial charge in [-0.1, -0.05) is 29.4 Å². The molecule has 30 heavy (non-hydrogen) atoms. The van der Waals surface area contributed by atoms with Gasteiger partial charge in [0.05, 0.1) is 5.75 Å². The second-order valence-corrected chi connectivity index (χ2v) is 7.37. The van der Waals surface area contributed by atoms with E-state index in [1.54, 1.807) is 66.9 Å². The number of ether oxygens (including phenoxy) is 1. The number of amides is 1. The number of nitrogens with one attached hydrogen (secondary N) is 1. The van der Waals surface area contributed by atoms with Crippen molar-refractivity contribution in [3.63, 3.8) is 0 Å². The predicted octanol–water partition coefficient (Wildman–Crippen LogP) is 5.31. The van der Waals surface area contributed by atoms with Crippen molar-refractivity contribution in [3.05, 3.63) is 77.9 Å². The molecule has 2 aromatic heterocycles. The number of benzene rings is 2. The number of pyridine rings is 1. The molecular weight excluding hydrogens is 424 g/mol. The molecule has 150 valence electrons. The van der Waals surface area contributed by atoms with Gasteiger partial charge in [0.25, 0.3) is 11.1 Å². The van der Waals surface area contributed by atoms with Gasteiger partial charge in [-0.25, -0.2) is 0 Å². The summed E-state index contributed by atoms with van der Waals surface area (Å²) < 4.78 is 11.3.